The molecule has 0 aliphatic rings. The van der Waals surface area contributed by atoms with Crippen molar-refractivity contribution in [3.8, 4) is 0 Å². The first-order chi connectivity index (χ1) is 6.85. The molecule has 14 heavy (non-hydrogen) atoms. The van der Waals surface area contributed by atoms with Gasteiger partial charge in [-0.2, -0.15) is 0 Å². The van der Waals surface area contributed by atoms with E-state index in [4.69, 9.17) is 0 Å². The molecule has 0 aliphatic carbocycles. The fourth-order valence-electron chi connectivity index (χ4n) is 1.10. The lowest BCUT2D eigenvalue weighted by Gasteiger charge is -1.96. The molecule has 1 heterocycles. The monoisotopic (exact) mass is 188 g/mol. The maximum atomic E-state index is 10.3. The third kappa shape index (κ3) is 1.22. The summed E-state index contributed by atoms with van der Waals surface area (Å²) in [6.07, 6.45) is 0. The Balaban J connectivity index is 2.81. The molecule has 0 spiro atoms. The highest BCUT2D eigenvalue weighted by atomic mass is 16.3. The minimum absolute atomic E-state index is 0.279. The lowest BCUT2D eigenvalue weighted by atomic mass is 10.3. The first kappa shape index (κ1) is 8.36. The van der Waals surface area contributed by atoms with Crippen molar-refractivity contribution < 1.29 is 0 Å². The number of fused-ring (bicyclic) bond motifs is 1. The lowest BCUT2D eigenvalue weighted by Crippen LogP contribution is -1.84. The van der Waals surface area contributed by atoms with E-state index >= 15 is 0 Å². The van der Waals surface area contributed by atoms with Crippen LogP contribution in [0.3, 0.4) is 0 Å². The van der Waals surface area contributed by atoms with Crippen LogP contribution in [0.4, 0.5) is 11.6 Å². The molecule has 0 saturated heterocycles. The molecule has 6 nitrogen and oxygen atoms in total. The van der Waals surface area contributed by atoms with Crippen LogP contribution in [0.1, 0.15) is 0 Å². The molecule has 6 heteroatoms. The van der Waals surface area contributed by atoms with Gasteiger partial charge in [-0.25, -0.2) is 9.97 Å². The van der Waals surface area contributed by atoms with E-state index < -0.39 is 0 Å². The van der Waals surface area contributed by atoms with Crippen LogP contribution in [0, 0.1) is 9.81 Å². The van der Waals surface area contributed by atoms with E-state index in [2.05, 4.69) is 20.3 Å². The molecule has 0 amide bonds. The first-order valence-electron chi connectivity index (χ1n) is 3.78. The van der Waals surface area contributed by atoms with Crippen LogP contribution < -0.4 is 0 Å². The molecule has 0 radical (unpaired) electrons. The maximum absolute atomic E-state index is 10.3. The van der Waals surface area contributed by atoms with E-state index in [0.717, 1.165) is 0 Å². The number of nitroso groups, excluding NO2 is 2. The molecular weight excluding hydrogens is 184 g/mol. The van der Waals surface area contributed by atoms with Crippen molar-refractivity contribution in [2.24, 2.45) is 10.4 Å². The Kier molecular flexibility index (Phi) is 1.94. The van der Waals surface area contributed by atoms with Gasteiger partial charge in [-0.3, -0.25) is 0 Å². The van der Waals surface area contributed by atoms with E-state index in [0.29, 0.717) is 11.0 Å². The van der Waals surface area contributed by atoms with Crippen molar-refractivity contribution in [2.75, 3.05) is 0 Å². The van der Waals surface area contributed by atoms with Gasteiger partial charge in [0.05, 0.1) is 11.0 Å². The third-order valence-electron chi connectivity index (χ3n) is 1.71. The van der Waals surface area contributed by atoms with E-state index in [1.165, 1.54) is 0 Å². The Morgan fingerprint density at radius 3 is 1.64 bits per heavy atom. The van der Waals surface area contributed by atoms with Gasteiger partial charge in [0.1, 0.15) is 0 Å². The molecular formula is C8H4N4O2. The number of hydrogen-bond donors (Lipinski definition) is 0. The average Bonchev–Trinajstić information content (AvgIpc) is 2.27. The molecule has 68 valence electrons. The average molecular weight is 188 g/mol. The van der Waals surface area contributed by atoms with Crippen LogP contribution >= 0.6 is 0 Å². The largest absolute Gasteiger partial charge is 0.245 e. The fourth-order valence-corrected chi connectivity index (χ4v) is 1.10. The predicted octanol–water partition coefficient (Wildman–Crippen LogP) is 2.43. The van der Waals surface area contributed by atoms with Crippen LogP contribution in [-0.4, -0.2) is 9.97 Å². The van der Waals surface area contributed by atoms with E-state index in [1.807, 2.05) is 0 Å². The van der Waals surface area contributed by atoms with Gasteiger partial charge in [-0.1, -0.05) is 12.1 Å². The summed E-state index contributed by atoms with van der Waals surface area (Å²) in [7, 11) is 0. The van der Waals surface area contributed by atoms with Crippen LogP contribution in [0.2, 0.25) is 0 Å². The highest BCUT2D eigenvalue weighted by Gasteiger charge is 2.08. The number of benzene rings is 1. The molecule has 0 bridgehead atoms. The number of rotatable bonds is 2. The highest BCUT2D eigenvalue weighted by molar-refractivity contribution is 5.78. The zero-order valence-electron chi connectivity index (χ0n) is 6.91. The molecule has 0 atom stereocenters. The lowest BCUT2D eigenvalue weighted by molar-refractivity contribution is 1.21. The molecule has 0 N–H and O–H groups in total. The Morgan fingerprint density at radius 2 is 1.29 bits per heavy atom. The normalized spacial score (nSPS) is 10.0. The number of nitrogens with zero attached hydrogens (tertiary/aromatic N) is 4. The van der Waals surface area contributed by atoms with Gasteiger partial charge in [0.25, 0.3) is 0 Å². The summed E-state index contributed by atoms with van der Waals surface area (Å²) in [6, 6.07) is 6.84. The number of hydrogen-bond acceptors (Lipinski definition) is 6. The SMILES string of the molecule is O=Nc1nc2ccccc2nc1N=O. The minimum atomic E-state index is -0.279. The van der Waals surface area contributed by atoms with Gasteiger partial charge < -0.3 is 0 Å². The smallest absolute Gasteiger partial charge is 0.220 e. The zero-order chi connectivity index (χ0) is 9.97. The Labute approximate surface area is 77.9 Å². The Hall–Kier alpha value is -2.24. The second-order valence-electron chi connectivity index (χ2n) is 2.54. The number of para-hydroxylation sites is 2. The van der Waals surface area contributed by atoms with Crippen molar-refractivity contribution in [3.63, 3.8) is 0 Å². The first-order valence-corrected chi connectivity index (χ1v) is 3.78. The van der Waals surface area contributed by atoms with Gasteiger partial charge in [-0.15, -0.1) is 9.81 Å². The van der Waals surface area contributed by atoms with E-state index in [9.17, 15) is 9.81 Å². The fraction of sp³-hybridized carbons (Fsp3) is 0. The quantitative estimate of drug-likeness (QED) is 0.677. The van der Waals surface area contributed by atoms with Gasteiger partial charge in [0.2, 0.25) is 11.6 Å². The van der Waals surface area contributed by atoms with E-state index in [-0.39, 0.29) is 11.6 Å². The summed E-state index contributed by atoms with van der Waals surface area (Å²) < 4.78 is 0. The minimum Gasteiger partial charge on any atom is -0.220 e. The molecule has 2 aromatic rings. The molecule has 1 aromatic carbocycles. The van der Waals surface area contributed by atoms with Crippen molar-refractivity contribution in [1.29, 1.82) is 0 Å². The van der Waals surface area contributed by atoms with Crippen LogP contribution in [-0.2, 0) is 0 Å². The number of aromatic nitrogens is 2. The molecule has 0 aliphatic heterocycles. The topological polar surface area (TPSA) is 84.6 Å². The molecule has 0 fully saturated rings. The summed E-state index contributed by atoms with van der Waals surface area (Å²) >= 11 is 0. The summed E-state index contributed by atoms with van der Waals surface area (Å²) in [6.45, 7) is 0. The third-order valence-corrected chi connectivity index (χ3v) is 1.71. The van der Waals surface area contributed by atoms with Crippen molar-refractivity contribution in [2.45, 2.75) is 0 Å². The van der Waals surface area contributed by atoms with Crippen LogP contribution in [0.15, 0.2) is 34.6 Å². The van der Waals surface area contributed by atoms with Gasteiger partial charge in [0.15, 0.2) is 0 Å². The summed E-state index contributed by atoms with van der Waals surface area (Å²) in [4.78, 5) is 28.2. The summed E-state index contributed by atoms with van der Waals surface area (Å²) in [5.41, 5.74) is 1.02. The molecule has 1 aromatic heterocycles. The molecule has 2 rings (SSSR count). The molecule has 0 saturated carbocycles. The zero-order valence-corrected chi connectivity index (χ0v) is 6.91. The van der Waals surface area contributed by atoms with Crippen LogP contribution in [0.5, 0.6) is 0 Å². The van der Waals surface area contributed by atoms with Crippen molar-refractivity contribution in [3.05, 3.63) is 34.1 Å². The van der Waals surface area contributed by atoms with Gasteiger partial charge in [0, 0.05) is 0 Å². The second-order valence-corrected chi connectivity index (χ2v) is 2.54. The van der Waals surface area contributed by atoms with Crippen LogP contribution in [0.25, 0.3) is 11.0 Å². The Morgan fingerprint density at radius 1 is 0.857 bits per heavy atom. The Bertz CT molecular complexity index is 465. The van der Waals surface area contributed by atoms with Crippen molar-refractivity contribution in [1.82, 2.24) is 9.97 Å². The predicted molar refractivity (Wildman–Crippen MR) is 50.4 cm³/mol. The van der Waals surface area contributed by atoms with E-state index in [1.54, 1.807) is 24.3 Å². The van der Waals surface area contributed by atoms with Crippen molar-refractivity contribution >= 4 is 22.7 Å². The summed E-state index contributed by atoms with van der Waals surface area (Å²) in [5, 5.41) is 5.15. The van der Waals surface area contributed by atoms with Gasteiger partial charge in [-0.05, 0) is 22.5 Å². The summed E-state index contributed by atoms with van der Waals surface area (Å²) in [5.74, 6) is -0.558. The molecule has 0 unspecified atom stereocenters. The highest BCUT2D eigenvalue weighted by Crippen LogP contribution is 2.25. The maximum Gasteiger partial charge on any atom is 0.245 e. The van der Waals surface area contributed by atoms with Gasteiger partial charge >= 0.3 is 0 Å². The standard InChI is InChI=1S/C8H4N4O2/c13-11-7-8(12-14)10-6-4-2-1-3-5(6)9-7/h1-4H. The second kappa shape index (κ2) is 3.25.